The van der Waals surface area contributed by atoms with E-state index in [1.54, 1.807) is 0 Å². The lowest BCUT2D eigenvalue weighted by molar-refractivity contribution is -0.142. The third-order valence-corrected chi connectivity index (χ3v) is 5.01. The van der Waals surface area contributed by atoms with Gasteiger partial charge in [0.15, 0.2) is 0 Å². The monoisotopic (exact) mass is 296 g/mol. The maximum atomic E-state index is 12.5. The largest absolute Gasteiger partial charge is 0.481 e. The molecule has 5 heteroatoms. The van der Waals surface area contributed by atoms with Gasteiger partial charge < -0.3 is 15.3 Å². The molecule has 1 heterocycles. The summed E-state index contributed by atoms with van der Waals surface area (Å²) in [5.74, 6) is -0.918. The van der Waals surface area contributed by atoms with Crippen molar-refractivity contribution in [2.45, 2.75) is 76.8 Å². The van der Waals surface area contributed by atoms with Crippen molar-refractivity contribution in [1.82, 2.24) is 10.2 Å². The van der Waals surface area contributed by atoms with Crippen LogP contribution < -0.4 is 5.32 Å². The Hall–Kier alpha value is -1.26. The summed E-state index contributed by atoms with van der Waals surface area (Å²) in [6.45, 7) is 3.00. The molecule has 1 atom stereocenters. The molecule has 0 aromatic carbocycles. The van der Waals surface area contributed by atoms with Gasteiger partial charge in [0.1, 0.15) is 0 Å². The third kappa shape index (κ3) is 4.35. The molecular formula is C16H28N2O3. The van der Waals surface area contributed by atoms with E-state index in [0.717, 1.165) is 38.6 Å². The molecule has 1 saturated carbocycles. The summed E-state index contributed by atoms with van der Waals surface area (Å²) in [6, 6.07) is 0.569. The maximum absolute atomic E-state index is 12.5. The predicted molar refractivity (Wildman–Crippen MR) is 81.2 cm³/mol. The molecule has 21 heavy (non-hydrogen) atoms. The van der Waals surface area contributed by atoms with Crippen molar-refractivity contribution in [1.29, 1.82) is 0 Å². The molecular weight excluding hydrogens is 268 g/mol. The Bertz CT molecular complexity index is 365. The number of amides is 2. The second kappa shape index (κ2) is 7.66. The van der Waals surface area contributed by atoms with Crippen molar-refractivity contribution in [3.8, 4) is 0 Å². The van der Waals surface area contributed by atoms with Crippen LogP contribution in [0.4, 0.5) is 4.79 Å². The van der Waals surface area contributed by atoms with Crippen LogP contribution in [0.3, 0.4) is 0 Å². The van der Waals surface area contributed by atoms with Gasteiger partial charge in [0.2, 0.25) is 0 Å². The molecule has 0 spiro atoms. The molecule has 2 N–H and O–H groups in total. The topological polar surface area (TPSA) is 69.6 Å². The molecule has 1 aliphatic heterocycles. The zero-order chi connectivity index (χ0) is 15.2. The van der Waals surface area contributed by atoms with Crippen molar-refractivity contribution < 1.29 is 14.7 Å². The molecule has 0 aromatic rings. The zero-order valence-corrected chi connectivity index (χ0v) is 13.0. The van der Waals surface area contributed by atoms with E-state index in [2.05, 4.69) is 12.2 Å². The van der Waals surface area contributed by atoms with E-state index in [-0.39, 0.29) is 18.0 Å². The van der Waals surface area contributed by atoms with Crippen molar-refractivity contribution in [3.05, 3.63) is 0 Å². The van der Waals surface area contributed by atoms with Crippen LogP contribution in [0.25, 0.3) is 0 Å². The molecule has 2 fully saturated rings. The standard InChI is InChI=1S/C16H28N2O3/c1-2-14-6-4-3-5-11-18(14)16(21)17-13-9-7-12(8-10-13)15(19)20/h12-14H,2-11H2,1H3,(H,17,21)(H,19,20). The minimum Gasteiger partial charge on any atom is -0.481 e. The Balaban J connectivity index is 1.84. The van der Waals surface area contributed by atoms with Gasteiger partial charge in [-0.15, -0.1) is 0 Å². The number of carboxylic acids is 1. The average Bonchev–Trinajstić information content (AvgIpc) is 2.72. The highest BCUT2D eigenvalue weighted by Crippen LogP contribution is 2.25. The molecule has 0 bridgehead atoms. The van der Waals surface area contributed by atoms with Crippen LogP contribution in [-0.2, 0) is 4.79 Å². The fourth-order valence-corrected chi connectivity index (χ4v) is 3.61. The number of nitrogens with one attached hydrogen (secondary N) is 1. The Kier molecular flexibility index (Phi) is 5.88. The number of nitrogens with zero attached hydrogens (tertiary/aromatic N) is 1. The van der Waals surface area contributed by atoms with Gasteiger partial charge in [-0.25, -0.2) is 4.79 Å². The molecule has 2 amide bonds. The summed E-state index contributed by atoms with van der Waals surface area (Å²) < 4.78 is 0. The highest BCUT2D eigenvalue weighted by atomic mass is 16.4. The van der Waals surface area contributed by atoms with Gasteiger partial charge in [0.25, 0.3) is 0 Å². The van der Waals surface area contributed by atoms with E-state index in [4.69, 9.17) is 5.11 Å². The van der Waals surface area contributed by atoms with Crippen LogP contribution in [0.1, 0.15) is 64.7 Å². The maximum Gasteiger partial charge on any atom is 0.317 e. The summed E-state index contributed by atoms with van der Waals surface area (Å²) in [6.07, 6.45) is 8.57. The Morgan fingerprint density at radius 2 is 1.81 bits per heavy atom. The van der Waals surface area contributed by atoms with E-state index < -0.39 is 5.97 Å². The third-order valence-electron chi connectivity index (χ3n) is 5.01. The van der Waals surface area contributed by atoms with Crippen molar-refractivity contribution in [2.24, 2.45) is 5.92 Å². The van der Waals surface area contributed by atoms with E-state index in [1.165, 1.54) is 12.8 Å². The van der Waals surface area contributed by atoms with E-state index in [9.17, 15) is 9.59 Å². The molecule has 1 aliphatic carbocycles. The molecule has 0 aromatic heterocycles. The number of urea groups is 1. The molecule has 2 aliphatic rings. The predicted octanol–water partition coefficient (Wildman–Crippen LogP) is 2.99. The summed E-state index contributed by atoms with van der Waals surface area (Å²) in [5.41, 5.74) is 0. The number of carboxylic acid groups (broad SMARTS) is 1. The first-order valence-electron chi connectivity index (χ1n) is 8.41. The van der Waals surface area contributed by atoms with Gasteiger partial charge in [-0.05, 0) is 44.9 Å². The van der Waals surface area contributed by atoms with Gasteiger partial charge in [-0.3, -0.25) is 4.79 Å². The number of rotatable bonds is 3. The second-order valence-electron chi connectivity index (χ2n) is 6.44. The molecule has 5 nitrogen and oxygen atoms in total. The number of hydrogen-bond donors (Lipinski definition) is 2. The fourth-order valence-electron chi connectivity index (χ4n) is 3.61. The van der Waals surface area contributed by atoms with Crippen LogP contribution in [-0.4, -0.2) is 40.6 Å². The number of hydrogen-bond acceptors (Lipinski definition) is 2. The first-order chi connectivity index (χ1) is 10.1. The number of aliphatic carboxylic acids is 1. The smallest absolute Gasteiger partial charge is 0.317 e. The summed E-state index contributed by atoms with van der Waals surface area (Å²) >= 11 is 0. The summed E-state index contributed by atoms with van der Waals surface area (Å²) in [5, 5.41) is 12.1. The Morgan fingerprint density at radius 3 is 2.43 bits per heavy atom. The van der Waals surface area contributed by atoms with Crippen molar-refractivity contribution >= 4 is 12.0 Å². The van der Waals surface area contributed by atoms with Crippen LogP contribution in [0, 0.1) is 5.92 Å². The number of likely N-dealkylation sites (tertiary alicyclic amines) is 1. The minimum absolute atomic E-state index is 0.0579. The first-order valence-corrected chi connectivity index (χ1v) is 8.41. The SMILES string of the molecule is CCC1CCCCCN1C(=O)NC1CCC(C(=O)O)CC1. The van der Waals surface area contributed by atoms with Crippen LogP contribution in [0.15, 0.2) is 0 Å². The van der Waals surface area contributed by atoms with Gasteiger partial charge >= 0.3 is 12.0 Å². The summed E-state index contributed by atoms with van der Waals surface area (Å²) in [4.78, 5) is 25.5. The number of carbonyl (C=O) groups is 2. The minimum atomic E-state index is -0.696. The normalized spacial score (nSPS) is 30.5. The Morgan fingerprint density at radius 1 is 1.10 bits per heavy atom. The van der Waals surface area contributed by atoms with Crippen LogP contribution >= 0.6 is 0 Å². The number of carbonyl (C=O) groups excluding carboxylic acids is 1. The summed E-state index contributed by atoms with van der Waals surface area (Å²) in [7, 11) is 0. The molecule has 1 saturated heterocycles. The highest BCUT2D eigenvalue weighted by Gasteiger charge is 2.29. The second-order valence-corrected chi connectivity index (χ2v) is 6.44. The molecule has 0 radical (unpaired) electrons. The van der Waals surface area contributed by atoms with Gasteiger partial charge in [-0.1, -0.05) is 19.8 Å². The van der Waals surface area contributed by atoms with Crippen molar-refractivity contribution in [2.75, 3.05) is 6.54 Å². The fraction of sp³-hybridized carbons (Fsp3) is 0.875. The van der Waals surface area contributed by atoms with Crippen molar-refractivity contribution in [3.63, 3.8) is 0 Å². The highest BCUT2D eigenvalue weighted by molar-refractivity contribution is 5.75. The van der Waals surface area contributed by atoms with E-state index in [1.807, 2.05) is 4.90 Å². The van der Waals surface area contributed by atoms with E-state index in [0.29, 0.717) is 18.9 Å². The zero-order valence-electron chi connectivity index (χ0n) is 13.0. The lowest BCUT2D eigenvalue weighted by atomic mass is 9.86. The first kappa shape index (κ1) is 16.1. The van der Waals surface area contributed by atoms with E-state index >= 15 is 0 Å². The van der Waals surface area contributed by atoms with Gasteiger partial charge in [-0.2, -0.15) is 0 Å². The Labute approximate surface area is 127 Å². The quantitative estimate of drug-likeness (QED) is 0.841. The van der Waals surface area contributed by atoms with Crippen LogP contribution in [0.5, 0.6) is 0 Å². The lowest BCUT2D eigenvalue weighted by Gasteiger charge is -2.33. The van der Waals surface area contributed by atoms with Gasteiger partial charge in [0.05, 0.1) is 5.92 Å². The molecule has 120 valence electrons. The van der Waals surface area contributed by atoms with Crippen LogP contribution in [0.2, 0.25) is 0 Å². The molecule has 2 rings (SSSR count). The lowest BCUT2D eigenvalue weighted by Crippen LogP contribution is -2.50. The van der Waals surface area contributed by atoms with Gasteiger partial charge in [0, 0.05) is 18.6 Å². The molecule has 1 unspecified atom stereocenters. The average molecular weight is 296 g/mol.